The first-order valence-corrected chi connectivity index (χ1v) is 5.38. The Morgan fingerprint density at radius 1 is 1.62 bits per heavy atom. The van der Waals surface area contributed by atoms with Crippen LogP contribution in [0.1, 0.15) is 13.3 Å². The second kappa shape index (κ2) is 4.52. The third-order valence-corrected chi connectivity index (χ3v) is 2.57. The molecule has 3 N–H and O–H groups in total. The first kappa shape index (κ1) is 10.9. The molecule has 0 radical (unpaired) electrons. The van der Waals surface area contributed by atoms with Gasteiger partial charge in [-0.15, -0.1) is 0 Å². The Kier molecular flexibility index (Phi) is 3.09. The molecule has 1 fully saturated rings. The minimum Gasteiger partial charge on any atom is -0.476 e. The van der Waals surface area contributed by atoms with Crippen LogP contribution in [0.15, 0.2) is 6.33 Å². The summed E-state index contributed by atoms with van der Waals surface area (Å²) in [5, 5.41) is 9.47. The summed E-state index contributed by atoms with van der Waals surface area (Å²) in [6.07, 6.45) is 1.87. The standard InChI is InChI=1S/C10H16N4O2/c1-2-16-10-8(11)9(12-6-13-10)14-4-3-7(15)5-14/h6-7,15H,2-5,11H2,1H3. The van der Waals surface area contributed by atoms with Crippen molar-refractivity contribution in [1.29, 1.82) is 0 Å². The van der Waals surface area contributed by atoms with E-state index in [2.05, 4.69) is 9.97 Å². The average Bonchev–Trinajstić information content (AvgIpc) is 2.68. The zero-order valence-electron chi connectivity index (χ0n) is 9.26. The van der Waals surface area contributed by atoms with Gasteiger partial charge in [-0.1, -0.05) is 0 Å². The van der Waals surface area contributed by atoms with Crippen LogP contribution in [0, 0.1) is 0 Å². The van der Waals surface area contributed by atoms with Gasteiger partial charge < -0.3 is 20.5 Å². The van der Waals surface area contributed by atoms with Crippen molar-refractivity contribution in [1.82, 2.24) is 9.97 Å². The molecule has 0 bridgehead atoms. The van der Waals surface area contributed by atoms with E-state index in [1.165, 1.54) is 6.33 Å². The van der Waals surface area contributed by atoms with Crippen molar-refractivity contribution in [2.24, 2.45) is 0 Å². The molecule has 0 aromatic carbocycles. The van der Waals surface area contributed by atoms with Gasteiger partial charge in [0.25, 0.3) is 0 Å². The fraction of sp³-hybridized carbons (Fsp3) is 0.600. The third-order valence-electron chi connectivity index (χ3n) is 2.57. The number of hydrogen-bond donors (Lipinski definition) is 2. The lowest BCUT2D eigenvalue weighted by atomic mass is 10.3. The zero-order chi connectivity index (χ0) is 11.5. The molecule has 1 atom stereocenters. The van der Waals surface area contributed by atoms with Gasteiger partial charge in [0.2, 0.25) is 5.88 Å². The van der Waals surface area contributed by atoms with Crippen molar-refractivity contribution >= 4 is 11.5 Å². The minimum absolute atomic E-state index is 0.301. The van der Waals surface area contributed by atoms with Crippen LogP contribution in [-0.4, -0.2) is 40.9 Å². The lowest BCUT2D eigenvalue weighted by molar-refractivity contribution is 0.198. The van der Waals surface area contributed by atoms with Crippen LogP contribution in [0.2, 0.25) is 0 Å². The van der Waals surface area contributed by atoms with E-state index in [1.54, 1.807) is 0 Å². The average molecular weight is 224 g/mol. The highest BCUT2D eigenvalue weighted by molar-refractivity contribution is 5.68. The van der Waals surface area contributed by atoms with Gasteiger partial charge in [-0.2, -0.15) is 4.98 Å². The van der Waals surface area contributed by atoms with Crippen molar-refractivity contribution in [2.75, 3.05) is 30.3 Å². The molecule has 1 saturated heterocycles. The second-order valence-corrected chi connectivity index (χ2v) is 3.74. The molecule has 6 heteroatoms. The van der Waals surface area contributed by atoms with Gasteiger partial charge in [0.15, 0.2) is 5.82 Å². The molecular weight excluding hydrogens is 208 g/mol. The van der Waals surface area contributed by atoms with E-state index >= 15 is 0 Å². The van der Waals surface area contributed by atoms with Gasteiger partial charge >= 0.3 is 0 Å². The molecule has 1 aromatic heterocycles. The number of aromatic nitrogens is 2. The second-order valence-electron chi connectivity index (χ2n) is 3.74. The summed E-state index contributed by atoms with van der Waals surface area (Å²) in [5.74, 6) is 1.06. The van der Waals surface area contributed by atoms with E-state index in [4.69, 9.17) is 10.5 Å². The molecular formula is C10H16N4O2. The first-order valence-electron chi connectivity index (χ1n) is 5.38. The van der Waals surface area contributed by atoms with E-state index in [9.17, 15) is 5.11 Å². The number of ether oxygens (including phenoxy) is 1. The van der Waals surface area contributed by atoms with Crippen LogP contribution in [0.25, 0.3) is 0 Å². The monoisotopic (exact) mass is 224 g/mol. The number of nitrogens with zero attached hydrogens (tertiary/aromatic N) is 3. The van der Waals surface area contributed by atoms with E-state index in [1.807, 2.05) is 11.8 Å². The SMILES string of the molecule is CCOc1ncnc(N2CCC(O)C2)c1N. The number of aliphatic hydroxyl groups excluding tert-OH is 1. The van der Waals surface area contributed by atoms with Crippen molar-refractivity contribution < 1.29 is 9.84 Å². The normalized spacial score (nSPS) is 20.1. The Balaban J connectivity index is 2.23. The molecule has 0 saturated carbocycles. The number of nitrogens with two attached hydrogens (primary N) is 1. The van der Waals surface area contributed by atoms with E-state index in [-0.39, 0.29) is 6.10 Å². The van der Waals surface area contributed by atoms with Gasteiger partial charge in [0.05, 0.1) is 12.7 Å². The van der Waals surface area contributed by atoms with E-state index in [0.29, 0.717) is 30.5 Å². The molecule has 6 nitrogen and oxygen atoms in total. The van der Waals surface area contributed by atoms with Crippen molar-refractivity contribution in [3.8, 4) is 5.88 Å². The van der Waals surface area contributed by atoms with Crippen molar-refractivity contribution in [2.45, 2.75) is 19.4 Å². The van der Waals surface area contributed by atoms with Gasteiger partial charge in [-0.3, -0.25) is 0 Å². The zero-order valence-corrected chi connectivity index (χ0v) is 9.26. The fourth-order valence-corrected chi connectivity index (χ4v) is 1.81. The van der Waals surface area contributed by atoms with E-state index < -0.39 is 0 Å². The number of β-amino-alcohol motifs (C(OH)–C–C–N with tert-alkyl or cyclic N) is 1. The van der Waals surface area contributed by atoms with Crippen LogP contribution in [0.4, 0.5) is 11.5 Å². The Morgan fingerprint density at radius 2 is 2.44 bits per heavy atom. The Labute approximate surface area is 94.1 Å². The van der Waals surface area contributed by atoms with Crippen LogP contribution in [0.3, 0.4) is 0 Å². The van der Waals surface area contributed by atoms with Crippen LogP contribution >= 0.6 is 0 Å². The summed E-state index contributed by atoms with van der Waals surface area (Å²) in [4.78, 5) is 10.1. The molecule has 1 aliphatic heterocycles. The van der Waals surface area contributed by atoms with Gasteiger partial charge in [-0.25, -0.2) is 4.98 Å². The molecule has 1 aliphatic rings. The van der Waals surface area contributed by atoms with E-state index in [0.717, 1.165) is 13.0 Å². The predicted octanol–water partition coefficient (Wildman–Crippen LogP) is 0.0285. The molecule has 2 rings (SSSR count). The highest BCUT2D eigenvalue weighted by atomic mass is 16.5. The quantitative estimate of drug-likeness (QED) is 0.753. The number of aliphatic hydroxyl groups is 1. The maximum absolute atomic E-state index is 9.47. The molecule has 0 spiro atoms. The molecule has 88 valence electrons. The smallest absolute Gasteiger partial charge is 0.242 e. The molecule has 1 unspecified atom stereocenters. The highest BCUT2D eigenvalue weighted by Gasteiger charge is 2.24. The van der Waals surface area contributed by atoms with Gasteiger partial charge in [-0.05, 0) is 13.3 Å². The summed E-state index contributed by atoms with van der Waals surface area (Å²) in [6.45, 7) is 3.71. The molecule has 0 amide bonds. The van der Waals surface area contributed by atoms with Crippen molar-refractivity contribution in [3.05, 3.63) is 6.33 Å². The largest absolute Gasteiger partial charge is 0.476 e. The summed E-state index contributed by atoms with van der Waals surface area (Å²) in [6, 6.07) is 0. The lowest BCUT2D eigenvalue weighted by Gasteiger charge is -2.19. The Hall–Kier alpha value is -1.56. The maximum atomic E-state index is 9.47. The third kappa shape index (κ3) is 2.01. The first-order chi connectivity index (χ1) is 7.72. The van der Waals surface area contributed by atoms with Gasteiger partial charge in [0, 0.05) is 13.1 Å². The predicted molar refractivity (Wildman–Crippen MR) is 60.5 cm³/mol. The summed E-state index contributed by atoms with van der Waals surface area (Å²) >= 11 is 0. The summed E-state index contributed by atoms with van der Waals surface area (Å²) in [5.41, 5.74) is 6.36. The summed E-state index contributed by atoms with van der Waals surface area (Å²) < 4.78 is 5.30. The Bertz CT molecular complexity index is 372. The summed E-state index contributed by atoms with van der Waals surface area (Å²) in [7, 11) is 0. The number of hydrogen-bond acceptors (Lipinski definition) is 6. The number of anilines is 2. The Morgan fingerprint density at radius 3 is 3.06 bits per heavy atom. The van der Waals surface area contributed by atoms with Crippen molar-refractivity contribution in [3.63, 3.8) is 0 Å². The van der Waals surface area contributed by atoms with Crippen LogP contribution in [0.5, 0.6) is 5.88 Å². The minimum atomic E-state index is -0.301. The highest BCUT2D eigenvalue weighted by Crippen LogP contribution is 2.29. The molecule has 2 heterocycles. The number of nitrogen functional groups attached to an aromatic ring is 1. The molecule has 16 heavy (non-hydrogen) atoms. The van der Waals surface area contributed by atoms with Crippen LogP contribution < -0.4 is 15.4 Å². The number of rotatable bonds is 3. The van der Waals surface area contributed by atoms with Crippen LogP contribution in [-0.2, 0) is 0 Å². The fourth-order valence-electron chi connectivity index (χ4n) is 1.81. The maximum Gasteiger partial charge on any atom is 0.242 e. The molecule has 1 aromatic rings. The lowest BCUT2D eigenvalue weighted by Crippen LogP contribution is -2.23. The molecule has 0 aliphatic carbocycles. The van der Waals surface area contributed by atoms with Gasteiger partial charge in [0.1, 0.15) is 12.0 Å². The topological polar surface area (TPSA) is 84.5 Å².